The highest BCUT2D eigenvalue weighted by molar-refractivity contribution is 5.96. The van der Waals surface area contributed by atoms with Crippen molar-refractivity contribution in [1.29, 1.82) is 0 Å². The highest BCUT2D eigenvalue weighted by Gasteiger charge is 2.19. The highest BCUT2D eigenvalue weighted by Crippen LogP contribution is 2.26. The molecule has 3 nitrogen and oxygen atoms in total. The molecular weight excluding hydrogens is 327 g/mol. The first kappa shape index (κ1) is 17.6. The van der Waals surface area contributed by atoms with Crippen LogP contribution in [0.1, 0.15) is 17.5 Å². The van der Waals surface area contributed by atoms with Crippen LogP contribution in [0.5, 0.6) is 0 Å². The normalized spacial score (nSPS) is 11.7. The van der Waals surface area contributed by atoms with Crippen molar-refractivity contribution in [2.24, 2.45) is 5.92 Å². The topological polar surface area (TPSA) is 42.0 Å². The lowest BCUT2D eigenvalue weighted by Gasteiger charge is -2.16. The van der Waals surface area contributed by atoms with Crippen LogP contribution >= 0.6 is 0 Å². The number of halogens is 1. The number of nitrogens with one attached hydrogen (secondary N) is 1. The maximum atomic E-state index is 13.9. The zero-order valence-electron chi connectivity index (χ0n) is 14.5. The summed E-state index contributed by atoms with van der Waals surface area (Å²) in [5.41, 5.74) is 2.70. The number of nitrogens with zero attached hydrogens (tertiary/aromatic N) is 1. The van der Waals surface area contributed by atoms with Gasteiger partial charge in [-0.15, -0.1) is 12.3 Å². The molecule has 2 aromatic carbocycles. The van der Waals surface area contributed by atoms with Gasteiger partial charge in [0.15, 0.2) is 0 Å². The predicted molar refractivity (Wildman–Crippen MR) is 102 cm³/mol. The number of aromatic nitrogens is 1. The summed E-state index contributed by atoms with van der Waals surface area (Å²) in [6.45, 7) is 1.84. The Balaban J connectivity index is 1.84. The van der Waals surface area contributed by atoms with Crippen LogP contribution in [0, 0.1) is 31.0 Å². The Bertz CT molecular complexity index is 977. The molecule has 0 saturated heterocycles. The van der Waals surface area contributed by atoms with E-state index in [2.05, 4.69) is 16.2 Å². The lowest BCUT2D eigenvalue weighted by atomic mass is 9.95. The van der Waals surface area contributed by atoms with Gasteiger partial charge >= 0.3 is 0 Å². The summed E-state index contributed by atoms with van der Waals surface area (Å²) in [7, 11) is 0. The lowest BCUT2D eigenvalue weighted by molar-refractivity contribution is -0.119. The number of carbonyl (C=O) groups excluding carboxylic acids is 1. The summed E-state index contributed by atoms with van der Waals surface area (Å²) in [4.78, 5) is 16.9. The van der Waals surface area contributed by atoms with E-state index in [0.29, 0.717) is 29.4 Å². The molecule has 4 heteroatoms. The number of aryl methyl sites for hydroxylation is 1. The van der Waals surface area contributed by atoms with E-state index in [1.165, 1.54) is 12.3 Å². The van der Waals surface area contributed by atoms with Gasteiger partial charge in [-0.2, -0.15) is 0 Å². The van der Waals surface area contributed by atoms with Gasteiger partial charge in [-0.3, -0.25) is 9.78 Å². The first-order chi connectivity index (χ1) is 12.6. The molecule has 1 heterocycles. The number of para-hydroxylation sites is 1. The molecule has 0 fully saturated rings. The number of benzene rings is 2. The van der Waals surface area contributed by atoms with E-state index in [1.807, 2.05) is 37.3 Å². The maximum Gasteiger partial charge on any atom is 0.228 e. The van der Waals surface area contributed by atoms with Crippen LogP contribution in [0.2, 0.25) is 0 Å². The van der Waals surface area contributed by atoms with Gasteiger partial charge < -0.3 is 5.32 Å². The molecule has 3 aromatic rings. The van der Waals surface area contributed by atoms with Crippen molar-refractivity contribution in [2.45, 2.75) is 19.8 Å². The number of terminal acetylenes is 1. The molecule has 1 aromatic heterocycles. The van der Waals surface area contributed by atoms with Crippen molar-refractivity contribution in [1.82, 2.24) is 4.98 Å². The smallest absolute Gasteiger partial charge is 0.228 e. The molecule has 26 heavy (non-hydrogen) atoms. The van der Waals surface area contributed by atoms with Gasteiger partial charge in [0.05, 0.1) is 17.8 Å². The summed E-state index contributed by atoms with van der Waals surface area (Å²) < 4.78 is 13.9. The van der Waals surface area contributed by atoms with E-state index >= 15 is 0 Å². The second-order valence-corrected chi connectivity index (χ2v) is 6.22. The number of carbonyl (C=O) groups is 1. The van der Waals surface area contributed by atoms with Crippen molar-refractivity contribution in [3.8, 4) is 12.3 Å². The molecule has 0 aliphatic carbocycles. The standard InChI is InChI=1S/C22H19FN2O/c1-3-8-17(13-16-9-5-4-6-10-16)22(26)25-20-14-24-21-18(15(20)2)11-7-12-19(21)23/h1,4-7,9-12,14,17H,8,13H2,2H3,(H,25,26). The summed E-state index contributed by atoms with van der Waals surface area (Å²) in [6, 6.07) is 14.6. The molecule has 0 spiro atoms. The molecule has 0 aliphatic heterocycles. The van der Waals surface area contributed by atoms with Crippen molar-refractivity contribution >= 4 is 22.5 Å². The number of rotatable bonds is 5. The number of anilines is 1. The Morgan fingerprint density at radius 2 is 2.00 bits per heavy atom. The van der Waals surface area contributed by atoms with Crippen molar-refractivity contribution in [3.05, 3.63) is 71.7 Å². The molecule has 0 saturated carbocycles. The van der Waals surface area contributed by atoms with Crippen LogP contribution < -0.4 is 5.32 Å². The van der Waals surface area contributed by atoms with Gasteiger partial charge in [-0.1, -0.05) is 42.5 Å². The van der Waals surface area contributed by atoms with Crippen LogP contribution in [-0.4, -0.2) is 10.9 Å². The average Bonchev–Trinajstić information content (AvgIpc) is 2.65. The maximum absolute atomic E-state index is 13.9. The quantitative estimate of drug-likeness (QED) is 0.691. The summed E-state index contributed by atoms with van der Waals surface area (Å²) >= 11 is 0. The zero-order valence-corrected chi connectivity index (χ0v) is 14.5. The fraction of sp³-hybridized carbons (Fsp3) is 0.182. The van der Waals surface area contributed by atoms with Gasteiger partial charge in [-0.25, -0.2) is 4.39 Å². The SMILES string of the molecule is C#CCC(Cc1ccccc1)C(=O)Nc1cnc2c(F)cccc2c1C. The third-order valence-electron chi connectivity index (χ3n) is 4.44. The van der Waals surface area contributed by atoms with Crippen molar-refractivity contribution in [2.75, 3.05) is 5.32 Å². The van der Waals surface area contributed by atoms with Crippen molar-refractivity contribution in [3.63, 3.8) is 0 Å². The van der Waals surface area contributed by atoms with Gasteiger partial charge in [0.1, 0.15) is 11.3 Å². The molecule has 1 unspecified atom stereocenters. The van der Waals surface area contributed by atoms with Gasteiger partial charge in [-0.05, 0) is 30.5 Å². The van der Waals surface area contributed by atoms with Gasteiger partial charge in [0.25, 0.3) is 0 Å². The van der Waals surface area contributed by atoms with Gasteiger partial charge in [0, 0.05) is 11.8 Å². The van der Waals surface area contributed by atoms with Crippen LogP contribution in [0.15, 0.2) is 54.7 Å². The van der Waals surface area contributed by atoms with E-state index < -0.39 is 0 Å². The first-order valence-electron chi connectivity index (χ1n) is 8.42. The van der Waals surface area contributed by atoms with Crippen LogP contribution in [0.25, 0.3) is 10.9 Å². The molecule has 1 atom stereocenters. The molecule has 1 N–H and O–H groups in total. The molecule has 0 aliphatic rings. The molecular formula is C22H19FN2O. The Morgan fingerprint density at radius 1 is 1.23 bits per heavy atom. The van der Waals surface area contributed by atoms with Crippen LogP contribution in [0.3, 0.4) is 0 Å². The van der Waals surface area contributed by atoms with E-state index in [0.717, 1.165) is 11.1 Å². The monoisotopic (exact) mass is 346 g/mol. The molecule has 1 amide bonds. The zero-order chi connectivity index (χ0) is 18.5. The minimum atomic E-state index is -0.377. The number of fused-ring (bicyclic) bond motifs is 1. The Labute approximate surface area is 152 Å². The van der Waals surface area contributed by atoms with Crippen LogP contribution in [0.4, 0.5) is 10.1 Å². The van der Waals surface area contributed by atoms with Gasteiger partial charge in [0.2, 0.25) is 5.91 Å². The summed E-state index contributed by atoms with van der Waals surface area (Å²) in [5, 5.41) is 3.59. The van der Waals surface area contributed by atoms with E-state index in [-0.39, 0.29) is 17.6 Å². The third kappa shape index (κ3) is 3.73. The predicted octanol–water partition coefficient (Wildman–Crippen LogP) is 4.50. The second-order valence-electron chi connectivity index (χ2n) is 6.22. The Morgan fingerprint density at radius 3 is 2.73 bits per heavy atom. The number of hydrogen-bond acceptors (Lipinski definition) is 2. The van der Waals surface area contributed by atoms with E-state index in [1.54, 1.807) is 12.1 Å². The van der Waals surface area contributed by atoms with E-state index in [4.69, 9.17) is 6.42 Å². The summed E-state index contributed by atoms with van der Waals surface area (Å²) in [5.74, 6) is 1.70. The average molecular weight is 346 g/mol. The molecule has 130 valence electrons. The number of pyridine rings is 1. The minimum absolute atomic E-state index is 0.160. The fourth-order valence-corrected chi connectivity index (χ4v) is 2.98. The third-order valence-corrected chi connectivity index (χ3v) is 4.44. The van der Waals surface area contributed by atoms with Crippen LogP contribution in [-0.2, 0) is 11.2 Å². The second kappa shape index (κ2) is 7.79. The first-order valence-corrected chi connectivity index (χ1v) is 8.42. The van der Waals surface area contributed by atoms with Crippen molar-refractivity contribution < 1.29 is 9.18 Å². The summed E-state index contributed by atoms with van der Waals surface area (Å²) in [6.07, 6.45) is 7.85. The fourth-order valence-electron chi connectivity index (χ4n) is 2.98. The molecule has 0 radical (unpaired) electrons. The molecule has 0 bridgehead atoms. The highest BCUT2D eigenvalue weighted by atomic mass is 19.1. The minimum Gasteiger partial charge on any atom is -0.324 e. The largest absolute Gasteiger partial charge is 0.324 e. The number of amides is 1. The Hall–Kier alpha value is -3.19. The lowest BCUT2D eigenvalue weighted by Crippen LogP contribution is -2.25. The molecule has 3 rings (SSSR count). The van der Waals surface area contributed by atoms with E-state index in [9.17, 15) is 9.18 Å². The number of hydrogen-bond donors (Lipinski definition) is 1. The Kier molecular flexibility index (Phi) is 5.28.